The summed E-state index contributed by atoms with van der Waals surface area (Å²) in [6, 6.07) is 0. The van der Waals surface area contributed by atoms with Gasteiger partial charge in [0.2, 0.25) is 0 Å². The molecule has 21 heavy (non-hydrogen) atoms. The maximum atomic E-state index is 10.2. The van der Waals surface area contributed by atoms with Crippen LogP contribution >= 0.6 is 0 Å². The number of hydrogen-bond acceptors (Lipinski definition) is 6. The Hall–Kier alpha value is -1.96. The minimum absolute atomic E-state index is 0.00000543. The van der Waals surface area contributed by atoms with Gasteiger partial charge < -0.3 is 20.3 Å². The number of aliphatic hydroxyl groups excluding tert-OH is 2. The van der Waals surface area contributed by atoms with Crippen LogP contribution in [-0.4, -0.2) is 48.3 Å². The molecule has 7 nitrogen and oxygen atoms in total. The molecule has 0 aliphatic rings. The van der Waals surface area contributed by atoms with Gasteiger partial charge in [0.1, 0.15) is 11.6 Å². The normalized spacial score (nSPS) is 11.2. The number of aromatic hydroxyl groups is 1. The molecule has 2 rings (SSSR count). The van der Waals surface area contributed by atoms with Gasteiger partial charge in [0.25, 0.3) is 0 Å². The zero-order valence-electron chi connectivity index (χ0n) is 12.0. The molecule has 2 aromatic heterocycles. The minimum atomic E-state index is -0.191. The molecule has 0 fully saturated rings. The number of nitrogens with one attached hydrogen (secondary N) is 1. The average Bonchev–Trinajstić information content (AvgIpc) is 2.97. The van der Waals surface area contributed by atoms with E-state index in [1.165, 1.54) is 0 Å². The van der Waals surface area contributed by atoms with Gasteiger partial charge in [-0.05, 0) is 6.92 Å². The van der Waals surface area contributed by atoms with Crippen molar-refractivity contribution in [2.75, 3.05) is 13.2 Å². The molecule has 4 N–H and O–H groups in total. The first kappa shape index (κ1) is 15.4. The molecule has 0 radical (unpaired) electrons. The largest absolute Gasteiger partial charge is 0.506 e. The maximum Gasteiger partial charge on any atom is 0.141 e. The summed E-state index contributed by atoms with van der Waals surface area (Å²) in [6.45, 7) is 2.87. The molecule has 0 atom stereocenters. The van der Waals surface area contributed by atoms with Crippen molar-refractivity contribution in [1.29, 1.82) is 0 Å². The highest BCUT2D eigenvalue weighted by atomic mass is 16.3. The number of hydrogen-bond donors (Lipinski definition) is 4. The fourth-order valence-electron chi connectivity index (χ4n) is 2.17. The van der Waals surface area contributed by atoms with E-state index >= 15 is 0 Å². The van der Waals surface area contributed by atoms with Crippen molar-refractivity contribution >= 4 is 0 Å². The summed E-state index contributed by atoms with van der Waals surface area (Å²) in [4.78, 5) is 13.1. The summed E-state index contributed by atoms with van der Waals surface area (Å²) >= 11 is 0. The molecule has 0 bridgehead atoms. The standard InChI is InChI=1S/C14H20N4O3/c1-10-14(21)12(11(9-20)6-17-10)7-18(4-5-19)8-13-15-2-3-16-13/h2-3,6,19-21H,4-5,7-9H2,1H3,(H,15,16). The van der Waals surface area contributed by atoms with Crippen LogP contribution in [0.3, 0.4) is 0 Å². The van der Waals surface area contributed by atoms with E-state index in [1.54, 1.807) is 25.5 Å². The fourth-order valence-corrected chi connectivity index (χ4v) is 2.17. The minimum Gasteiger partial charge on any atom is -0.506 e. The number of pyridine rings is 1. The smallest absolute Gasteiger partial charge is 0.141 e. The van der Waals surface area contributed by atoms with Crippen LogP contribution in [0.5, 0.6) is 5.75 Å². The first-order chi connectivity index (χ1) is 10.2. The van der Waals surface area contributed by atoms with E-state index in [0.717, 1.165) is 5.82 Å². The van der Waals surface area contributed by atoms with E-state index in [-0.39, 0.29) is 19.0 Å². The van der Waals surface area contributed by atoms with Crippen molar-refractivity contribution in [2.45, 2.75) is 26.6 Å². The van der Waals surface area contributed by atoms with Crippen LogP contribution in [-0.2, 0) is 19.7 Å². The summed E-state index contributed by atoms with van der Waals surface area (Å²) in [5.74, 6) is 0.864. The second-order valence-electron chi connectivity index (χ2n) is 4.82. The van der Waals surface area contributed by atoms with Gasteiger partial charge in [-0.1, -0.05) is 0 Å². The Morgan fingerprint density at radius 1 is 1.24 bits per heavy atom. The molecule has 0 aliphatic carbocycles. The number of H-pyrrole nitrogens is 1. The van der Waals surface area contributed by atoms with Gasteiger partial charge in [-0.2, -0.15) is 0 Å². The summed E-state index contributed by atoms with van der Waals surface area (Å²) in [5.41, 5.74) is 1.73. The van der Waals surface area contributed by atoms with Gasteiger partial charge in [-0.3, -0.25) is 9.88 Å². The lowest BCUT2D eigenvalue weighted by molar-refractivity contribution is 0.178. The van der Waals surface area contributed by atoms with Crippen molar-refractivity contribution in [1.82, 2.24) is 19.9 Å². The van der Waals surface area contributed by atoms with Crippen LogP contribution in [0.2, 0.25) is 0 Å². The molecule has 0 aliphatic heterocycles. The predicted molar refractivity (Wildman–Crippen MR) is 76.3 cm³/mol. The summed E-state index contributed by atoms with van der Waals surface area (Å²) in [6.07, 6.45) is 4.97. The summed E-state index contributed by atoms with van der Waals surface area (Å²) < 4.78 is 0. The third kappa shape index (κ3) is 3.78. The van der Waals surface area contributed by atoms with Crippen LogP contribution in [0.25, 0.3) is 0 Å². The lowest BCUT2D eigenvalue weighted by Crippen LogP contribution is -2.27. The Labute approximate surface area is 122 Å². The number of imidazole rings is 1. The molecule has 0 spiro atoms. The van der Waals surface area contributed by atoms with Crippen LogP contribution in [0.1, 0.15) is 22.6 Å². The zero-order valence-corrected chi connectivity index (χ0v) is 12.0. The fraction of sp³-hybridized carbons (Fsp3) is 0.429. The van der Waals surface area contributed by atoms with E-state index in [2.05, 4.69) is 15.0 Å². The van der Waals surface area contributed by atoms with E-state index in [0.29, 0.717) is 36.5 Å². The van der Waals surface area contributed by atoms with E-state index in [9.17, 15) is 15.3 Å². The van der Waals surface area contributed by atoms with E-state index in [4.69, 9.17) is 0 Å². The highest BCUT2D eigenvalue weighted by Crippen LogP contribution is 2.25. The van der Waals surface area contributed by atoms with Gasteiger partial charge >= 0.3 is 0 Å². The number of rotatable bonds is 7. The molecule has 0 unspecified atom stereocenters. The lowest BCUT2D eigenvalue weighted by Gasteiger charge is -2.22. The van der Waals surface area contributed by atoms with Crippen molar-refractivity contribution in [3.05, 3.63) is 41.2 Å². The summed E-state index contributed by atoms with van der Waals surface area (Å²) in [7, 11) is 0. The molecular formula is C14H20N4O3. The number of aromatic amines is 1. The Morgan fingerprint density at radius 2 is 2.05 bits per heavy atom. The molecule has 0 amide bonds. The second-order valence-corrected chi connectivity index (χ2v) is 4.82. The molecule has 114 valence electrons. The third-order valence-electron chi connectivity index (χ3n) is 3.33. The molecular weight excluding hydrogens is 272 g/mol. The average molecular weight is 292 g/mol. The Morgan fingerprint density at radius 3 is 2.67 bits per heavy atom. The monoisotopic (exact) mass is 292 g/mol. The molecule has 7 heteroatoms. The Kier molecular flexibility index (Phi) is 5.26. The maximum absolute atomic E-state index is 10.2. The SMILES string of the molecule is Cc1ncc(CO)c(CN(CCO)Cc2ncc[nH]2)c1O. The number of nitrogens with zero attached hydrogens (tertiary/aromatic N) is 3. The third-order valence-corrected chi connectivity index (χ3v) is 3.33. The van der Waals surface area contributed by atoms with Gasteiger partial charge in [-0.15, -0.1) is 0 Å². The highest BCUT2D eigenvalue weighted by Gasteiger charge is 2.16. The van der Waals surface area contributed by atoms with Gasteiger partial charge in [0.15, 0.2) is 0 Å². The van der Waals surface area contributed by atoms with Crippen molar-refractivity contribution in [3.63, 3.8) is 0 Å². The Balaban J connectivity index is 2.21. The first-order valence-corrected chi connectivity index (χ1v) is 6.74. The van der Waals surface area contributed by atoms with Crippen LogP contribution in [0, 0.1) is 6.92 Å². The van der Waals surface area contributed by atoms with Crippen molar-refractivity contribution < 1.29 is 15.3 Å². The number of aromatic nitrogens is 3. The second kappa shape index (κ2) is 7.16. The summed E-state index contributed by atoms with van der Waals surface area (Å²) in [5, 5.41) is 28.8. The molecule has 2 aromatic rings. The predicted octanol–water partition coefficient (Wildman–Crippen LogP) is 0.306. The van der Waals surface area contributed by atoms with Crippen molar-refractivity contribution in [2.24, 2.45) is 0 Å². The Bertz CT molecular complexity index is 572. The zero-order chi connectivity index (χ0) is 15.2. The first-order valence-electron chi connectivity index (χ1n) is 6.74. The topological polar surface area (TPSA) is 106 Å². The van der Waals surface area contributed by atoms with E-state index < -0.39 is 0 Å². The number of aryl methyl sites for hydroxylation is 1. The van der Waals surface area contributed by atoms with Gasteiger partial charge in [-0.25, -0.2) is 4.98 Å². The molecule has 2 heterocycles. The van der Waals surface area contributed by atoms with Crippen LogP contribution < -0.4 is 0 Å². The number of aliphatic hydroxyl groups is 2. The van der Waals surface area contributed by atoms with Gasteiger partial charge in [0, 0.05) is 42.8 Å². The molecule has 0 saturated heterocycles. The van der Waals surface area contributed by atoms with Crippen LogP contribution in [0.15, 0.2) is 18.6 Å². The van der Waals surface area contributed by atoms with Gasteiger partial charge in [0.05, 0.1) is 25.5 Å². The van der Waals surface area contributed by atoms with Crippen molar-refractivity contribution in [3.8, 4) is 5.75 Å². The quantitative estimate of drug-likeness (QED) is 0.585. The highest BCUT2D eigenvalue weighted by molar-refractivity contribution is 5.40. The lowest BCUT2D eigenvalue weighted by atomic mass is 10.1. The molecule has 0 saturated carbocycles. The van der Waals surface area contributed by atoms with Crippen LogP contribution in [0.4, 0.5) is 0 Å². The molecule has 0 aromatic carbocycles. The van der Waals surface area contributed by atoms with E-state index in [1.807, 2.05) is 4.90 Å².